The highest BCUT2D eigenvalue weighted by molar-refractivity contribution is 6.11. The summed E-state index contributed by atoms with van der Waals surface area (Å²) in [5.41, 5.74) is 4.18. The van der Waals surface area contributed by atoms with Crippen molar-refractivity contribution in [3.63, 3.8) is 0 Å². The first-order valence-electron chi connectivity index (χ1n) is 9.01. The van der Waals surface area contributed by atoms with Crippen LogP contribution in [0.25, 0.3) is 0 Å². The Balaban J connectivity index is 1.68. The molecule has 140 valence electrons. The molecule has 1 aliphatic rings. The maximum Gasteiger partial charge on any atom is 0.261 e. The second kappa shape index (κ2) is 6.85. The number of benzene rings is 3. The van der Waals surface area contributed by atoms with Crippen LogP contribution in [0.15, 0.2) is 60.7 Å². The molecule has 0 aromatic heterocycles. The lowest BCUT2D eigenvalue weighted by Gasteiger charge is -2.17. The van der Waals surface area contributed by atoms with E-state index < -0.39 is 0 Å². The van der Waals surface area contributed by atoms with Crippen LogP contribution < -0.4 is 15.0 Å². The summed E-state index contributed by atoms with van der Waals surface area (Å²) in [6.45, 7) is 3.85. The van der Waals surface area contributed by atoms with Crippen LogP contribution in [0.4, 0.5) is 11.4 Å². The predicted molar refractivity (Wildman–Crippen MR) is 110 cm³/mol. The van der Waals surface area contributed by atoms with Gasteiger partial charge in [0.1, 0.15) is 5.75 Å². The third kappa shape index (κ3) is 3.11. The number of carbonyl (C=O) groups excluding carboxylic acids is 2. The van der Waals surface area contributed by atoms with Crippen molar-refractivity contribution in [3.05, 3.63) is 82.9 Å². The Morgan fingerprint density at radius 1 is 0.964 bits per heavy atom. The van der Waals surface area contributed by atoms with Crippen molar-refractivity contribution in [2.24, 2.45) is 0 Å². The number of fused-ring (bicyclic) bond motifs is 2. The van der Waals surface area contributed by atoms with Gasteiger partial charge in [0.05, 0.1) is 11.3 Å². The molecule has 0 aliphatic carbocycles. The summed E-state index contributed by atoms with van der Waals surface area (Å²) in [5, 5.41) is 2.87. The summed E-state index contributed by atoms with van der Waals surface area (Å²) >= 11 is 0. The third-order valence-corrected chi connectivity index (χ3v) is 4.86. The molecule has 4 rings (SSSR count). The quantitative estimate of drug-likeness (QED) is 0.693. The summed E-state index contributed by atoms with van der Waals surface area (Å²) < 4.78 is 5.99. The van der Waals surface area contributed by atoms with Crippen LogP contribution in [0, 0.1) is 13.8 Å². The van der Waals surface area contributed by atoms with Gasteiger partial charge in [-0.1, -0.05) is 24.3 Å². The van der Waals surface area contributed by atoms with Crippen LogP contribution in [-0.4, -0.2) is 18.9 Å². The maximum atomic E-state index is 13.0. The molecular formula is C23H20N2O3. The molecule has 28 heavy (non-hydrogen) atoms. The summed E-state index contributed by atoms with van der Waals surface area (Å²) in [6.07, 6.45) is 0. The summed E-state index contributed by atoms with van der Waals surface area (Å²) in [7, 11) is 1.72. The van der Waals surface area contributed by atoms with Gasteiger partial charge in [0.15, 0.2) is 5.75 Å². The SMILES string of the molecule is Cc1ccc2c(c1)N(C)C(=O)c1cc(NC(=O)c3ccccc3C)ccc1O2. The highest BCUT2D eigenvalue weighted by Gasteiger charge is 2.26. The second-order valence-electron chi connectivity index (χ2n) is 6.92. The van der Waals surface area contributed by atoms with Crippen molar-refractivity contribution >= 4 is 23.2 Å². The molecule has 1 N–H and O–H groups in total. The van der Waals surface area contributed by atoms with E-state index in [-0.39, 0.29) is 11.8 Å². The summed E-state index contributed by atoms with van der Waals surface area (Å²) in [5.74, 6) is 0.684. The average Bonchev–Trinajstić information content (AvgIpc) is 2.78. The van der Waals surface area contributed by atoms with E-state index in [0.29, 0.717) is 34.0 Å². The molecule has 0 radical (unpaired) electrons. The molecule has 0 spiro atoms. The zero-order chi connectivity index (χ0) is 19.8. The van der Waals surface area contributed by atoms with Crippen LogP contribution in [0.2, 0.25) is 0 Å². The van der Waals surface area contributed by atoms with Gasteiger partial charge in [-0.15, -0.1) is 0 Å². The Morgan fingerprint density at radius 3 is 2.50 bits per heavy atom. The molecule has 0 saturated heterocycles. The Morgan fingerprint density at radius 2 is 1.71 bits per heavy atom. The molecule has 0 unspecified atom stereocenters. The Bertz CT molecular complexity index is 1100. The lowest BCUT2D eigenvalue weighted by atomic mass is 10.1. The van der Waals surface area contributed by atoms with Crippen LogP contribution >= 0.6 is 0 Å². The number of ether oxygens (including phenoxy) is 1. The van der Waals surface area contributed by atoms with Gasteiger partial charge in [0.25, 0.3) is 11.8 Å². The number of anilines is 2. The minimum Gasteiger partial charge on any atom is -0.454 e. The van der Waals surface area contributed by atoms with E-state index in [1.165, 1.54) is 0 Å². The molecular weight excluding hydrogens is 352 g/mol. The lowest BCUT2D eigenvalue weighted by molar-refractivity contribution is 0.0990. The highest BCUT2D eigenvalue weighted by atomic mass is 16.5. The zero-order valence-electron chi connectivity index (χ0n) is 15.9. The molecule has 3 aromatic carbocycles. The molecule has 0 fully saturated rings. The third-order valence-electron chi connectivity index (χ3n) is 4.86. The minimum absolute atomic E-state index is 0.189. The van der Waals surface area contributed by atoms with Gasteiger partial charge in [0.2, 0.25) is 0 Å². The topological polar surface area (TPSA) is 58.6 Å². The average molecular weight is 372 g/mol. The van der Waals surface area contributed by atoms with E-state index in [2.05, 4.69) is 5.32 Å². The second-order valence-corrected chi connectivity index (χ2v) is 6.92. The smallest absolute Gasteiger partial charge is 0.261 e. The van der Waals surface area contributed by atoms with Crippen molar-refractivity contribution in [1.82, 2.24) is 0 Å². The van der Waals surface area contributed by atoms with E-state index in [1.807, 2.05) is 50.2 Å². The molecule has 3 aromatic rings. The number of carbonyl (C=O) groups is 2. The predicted octanol–water partition coefficient (Wildman–Crippen LogP) is 4.94. The molecule has 0 bridgehead atoms. The van der Waals surface area contributed by atoms with Crippen LogP contribution in [0.5, 0.6) is 11.5 Å². The van der Waals surface area contributed by atoms with Gasteiger partial charge < -0.3 is 15.0 Å². The van der Waals surface area contributed by atoms with Gasteiger partial charge >= 0.3 is 0 Å². The number of aryl methyl sites for hydroxylation is 2. The Labute approximate surface area is 163 Å². The van der Waals surface area contributed by atoms with Gasteiger partial charge in [-0.25, -0.2) is 0 Å². The Hall–Kier alpha value is -3.60. The number of nitrogens with zero attached hydrogens (tertiary/aromatic N) is 1. The van der Waals surface area contributed by atoms with Crippen molar-refractivity contribution in [2.45, 2.75) is 13.8 Å². The molecule has 2 amide bonds. The molecule has 0 saturated carbocycles. The van der Waals surface area contributed by atoms with E-state index in [0.717, 1.165) is 11.1 Å². The molecule has 1 heterocycles. The Kier molecular flexibility index (Phi) is 4.35. The summed E-state index contributed by atoms with van der Waals surface area (Å²) in [6, 6.07) is 18.2. The fraction of sp³-hybridized carbons (Fsp3) is 0.130. The number of nitrogens with one attached hydrogen (secondary N) is 1. The van der Waals surface area contributed by atoms with E-state index in [1.54, 1.807) is 36.2 Å². The van der Waals surface area contributed by atoms with E-state index in [9.17, 15) is 9.59 Å². The fourth-order valence-electron chi connectivity index (χ4n) is 3.27. The van der Waals surface area contributed by atoms with Crippen LogP contribution in [-0.2, 0) is 0 Å². The van der Waals surface area contributed by atoms with Crippen molar-refractivity contribution in [3.8, 4) is 11.5 Å². The summed E-state index contributed by atoms with van der Waals surface area (Å²) in [4.78, 5) is 27.2. The largest absolute Gasteiger partial charge is 0.454 e. The standard InChI is InChI=1S/C23H20N2O3/c1-14-8-10-21-19(12-14)25(3)23(27)18-13-16(9-11-20(18)28-21)24-22(26)17-7-5-4-6-15(17)2/h4-13H,1-3H3,(H,24,26). The molecule has 0 atom stereocenters. The van der Waals surface area contributed by atoms with E-state index in [4.69, 9.17) is 4.74 Å². The number of hydrogen-bond donors (Lipinski definition) is 1. The normalized spacial score (nSPS) is 12.5. The monoisotopic (exact) mass is 372 g/mol. The fourth-order valence-corrected chi connectivity index (χ4v) is 3.27. The maximum absolute atomic E-state index is 13.0. The molecule has 5 nitrogen and oxygen atoms in total. The lowest BCUT2D eigenvalue weighted by Crippen LogP contribution is -2.25. The first-order valence-corrected chi connectivity index (χ1v) is 9.01. The first kappa shape index (κ1) is 17.8. The van der Waals surface area contributed by atoms with Crippen LogP contribution in [0.3, 0.4) is 0 Å². The number of amides is 2. The van der Waals surface area contributed by atoms with E-state index >= 15 is 0 Å². The highest BCUT2D eigenvalue weighted by Crippen LogP contribution is 2.39. The van der Waals surface area contributed by atoms with Crippen molar-refractivity contribution in [2.75, 3.05) is 17.3 Å². The van der Waals surface area contributed by atoms with Crippen molar-refractivity contribution < 1.29 is 14.3 Å². The molecule has 1 aliphatic heterocycles. The van der Waals surface area contributed by atoms with Gasteiger partial charge in [-0.3, -0.25) is 9.59 Å². The molecule has 5 heteroatoms. The van der Waals surface area contributed by atoms with Gasteiger partial charge in [-0.05, 0) is 61.4 Å². The minimum atomic E-state index is -0.215. The zero-order valence-corrected chi connectivity index (χ0v) is 15.9. The van der Waals surface area contributed by atoms with Crippen LogP contribution in [0.1, 0.15) is 31.8 Å². The number of rotatable bonds is 2. The first-order chi connectivity index (χ1) is 13.4. The van der Waals surface area contributed by atoms with Gasteiger partial charge in [-0.2, -0.15) is 0 Å². The van der Waals surface area contributed by atoms with Crippen molar-refractivity contribution in [1.29, 1.82) is 0 Å². The number of hydrogen-bond acceptors (Lipinski definition) is 3. The van der Waals surface area contributed by atoms with Gasteiger partial charge in [0, 0.05) is 18.3 Å².